The summed E-state index contributed by atoms with van der Waals surface area (Å²) in [6.07, 6.45) is -0.179. The minimum absolute atomic E-state index is 0.179. The second-order valence-corrected chi connectivity index (χ2v) is 4.25. The van der Waals surface area contributed by atoms with Crippen LogP contribution in [0.5, 0.6) is 0 Å². The van der Waals surface area contributed by atoms with Crippen LogP contribution >= 0.6 is 15.9 Å². The van der Waals surface area contributed by atoms with Gasteiger partial charge in [-0.3, -0.25) is 0 Å². The lowest BCUT2D eigenvalue weighted by Crippen LogP contribution is -2.10. The molecule has 90 valence electrons. The number of ether oxygens (including phenoxy) is 1. The highest BCUT2D eigenvalue weighted by atomic mass is 79.9. The molecule has 0 radical (unpaired) electrons. The zero-order valence-corrected chi connectivity index (χ0v) is 11.4. The van der Waals surface area contributed by atoms with Gasteiger partial charge in [0.1, 0.15) is 11.9 Å². The number of aromatic nitrogens is 3. The minimum atomic E-state index is -0.179. The summed E-state index contributed by atoms with van der Waals surface area (Å²) in [6.45, 7) is 0. The first-order valence-electron chi connectivity index (χ1n) is 5.29. The maximum absolute atomic E-state index is 5.52. The quantitative estimate of drug-likeness (QED) is 0.814. The highest BCUT2D eigenvalue weighted by Crippen LogP contribution is 2.23. The number of alkyl halides is 1. The fourth-order valence-corrected chi connectivity index (χ4v) is 2.23. The lowest BCUT2D eigenvalue weighted by Gasteiger charge is -2.14. The summed E-state index contributed by atoms with van der Waals surface area (Å²) in [6, 6.07) is 10.0. The zero-order valence-electron chi connectivity index (χ0n) is 9.80. The Balaban J connectivity index is 2.39. The summed E-state index contributed by atoms with van der Waals surface area (Å²) in [5.74, 6) is 1.70. The molecule has 0 spiro atoms. The fraction of sp³-hybridized carbons (Fsp3) is 0.333. The molecule has 0 saturated heterocycles. The van der Waals surface area contributed by atoms with Gasteiger partial charge in [-0.2, -0.15) is 0 Å². The minimum Gasteiger partial charge on any atom is -0.369 e. The topological polar surface area (TPSA) is 39.9 Å². The molecule has 1 heterocycles. The van der Waals surface area contributed by atoms with Crippen LogP contribution in [0.1, 0.15) is 23.3 Å². The van der Waals surface area contributed by atoms with Crippen molar-refractivity contribution in [2.75, 3.05) is 7.11 Å². The average Bonchev–Trinajstić information content (AvgIpc) is 2.73. The van der Waals surface area contributed by atoms with Gasteiger partial charge in [0.15, 0.2) is 5.82 Å². The number of hydrogen-bond acceptors (Lipinski definition) is 3. The summed E-state index contributed by atoms with van der Waals surface area (Å²) < 4.78 is 7.48. The average molecular weight is 296 g/mol. The van der Waals surface area contributed by atoms with Crippen LogP contribution in [0.3, 0.4) is 0 Å². The van der Waals surface area contributed by atoms with E-state index in [9.17, 15) is 0 Å². The van der Waals surface area contributed by atoms with Crippen molar-refractivity contribution in [2.45, 2.75) is 11.4 Å². The summed E-state index contributed by atoms with van der Waals surface area (Å²) >= 11 is 3.38. The summed E-state index contributed by atoms with van der Waals surface area (Å²) in [5.41, 5.74) is 1.08. The van der Waals surface area contributed by atoms with Gasteiger partial charge in [-0.15, -0.1) is 10.2 Å². The summed E-state index contributed by atoms with van der Waals surface area (Å²) in [5, 5.41) is 8.99. The van der Waals surface area contributed by atoms with Gasteiger partial charge < -0.3 is 9.30 Å². The Morgan fingerprint density at radius 3 is 2.53 bits per heavy atom. The third-order valence-electron chi connectivity index (χ3n) is 2.69. The van der Waals surface area contributed by atoms with E-state index in [-0.39, 0.29) is 6.10 Å². The number of hydrogen-bond donors (Lipinski definition) is 0. The Morgan fingerprint density at radius 1 is 1.29 bits per heavy atom. The molecule has 2 aromatic rings. The van der Waals surface area contributed by atoms with E-state index in [1.807, 2.05) is 41.9 Å². The number of nitrogens with zero attached hydrogens (tertiary/aromatic N) is 3. The number of benzene rings is 1. The molecular formula is C12H14BrN3O. The van der Waals surface area contributed by atoms with Gasteiger partial charge in [-0.05, 0) is 5.56 Å². The first-order chi connectivity index (χ1) is 8.27. The van der Waals surface area contributed by atoms with E-state index in [4.69, 9.17) is 4.74 Å². The maximum Gasteiger partial charge on any atom is 0.166 e. The van der Waals surface area contributed by atoms with Crippen molar-refractivity contribution in [2.24, 2.45) is 7.05 Å². The Morgan fingerprint density at radius 2 is 2.00 bits per heavy atom. The van der Waals surface area contributed by atoms with Crippen LogP contribution in [0, 0.1) is 0 Å². The number of halogens is 1. The van der Waals surface area contributed by atoms with Crippen molar-refractivity contribution in [3.63, 3.8) is 0 Å². The third-order valence-corrected chi connectivity index (χ3v) is 3.19. The van der Waals surface area contributed by atoms with Gasteiger partial charge in [0.2, 0.25) is 0 Å². The molecule has 0 bridgehead atoms. The van der Waals surface area contributed by atoms with Crippen LogP contribution in [0.25, 0.3) is 0 Å². The Bertz CT molecular complexity index is 484. The molecule has 1 unspecified atom stereocenters. The molecule has 0 aliphatic heterocycles. The van der Waals surface area contributed by atoms with Crippen molar-refractivity contribution in [3.8, 4) is 0 Å². The summed E-state index contributed by atoms with van der Waals surface area (Å²) in [7, 11) is 3.63. The molecule has 0 fully saturated rings. The SMILES string of the molecule is COC(c1ccccc1)c1nnc(CBr)n1C. The standard InChI is InChI=1S/C12H14BrN3O/c1-16-10(8-13)14-15-12(16)11(17-2)9-6-4-3-5-7-9/h3-7,11H,8H2,1-2H3. The molecule has 0 aliphatic rings. The van der Waals surface area contributed by atoms with Crippen LogP contribution in [-0.4, -0.2) is 21.9 Å². The molecule has 4 nitrogen and oxygen atoms in total. The number of rotatable bonds is 4. The second-order valence-electron chi connectivity index (χ2n) is 3.69. The lowest BCUT2D eigenvalue weighted by molar-refractivity contribution is 0.126. The van der Waals surface area contributed by atoms with E-state index in [0.29, 0.717) is 5.33 Å². The molecule has 2 rings (SSSR count). The smallest absolute Gasteiger partial charge is 0.166 e. The van der Waals surface area contributed by atoms with Crippen LogP contribution in [-0.2, 0) is 17.1 Å². The van der Waals surface area contributed by atoms with E-state index < -0.39 is 0 Å². The lowest BCUT2D eigenvalue weighted by atomic mass is 10.1. The van der Waals surface area contributed by atoms with E-state index in [0.717, 1.165) is 17.2 Å². The van der Waals surface area contributed by atoms with Crippen LogP contribution in [0.2, 0.25) is 0 Å². The van der Waals surface area contributed by atoms with Gasteiger partial charge in [-0.25, -0.2) is 0 Å². The highest BCUT2D eigenvalue weighted by molar-refractivity contribution is 9.08. The van der Waals surface area contributed by atoms with Crippen molar-refractivity contribution < 1.29 is 4.74 Å². The van der Waals surface area contributed by atoms with Gasteiger partial charge in [0, 0.05) is 14.2 Å². The van der Waals surface area contributed by atoms with Crippen molar-refractivity contribution >= 4 is 15.9 Å². The predicted molar refractivity (Wildman–Crippen MR) is 68.9 cm³/mol. The first kappa shape index (κ1) is 12.3. The van der Waals surface area contributed by atoms with Gasteiger partial charge in [0.05, 0.1) is 5.33 Å². The van der Waals surface area contributed by atoms with Crippen LogP contribution in [0.15, 0.2) is 30.3 Å². The van der Waals surface area contributed by atoms with Gasteiger partial charge >= 0.3 is 0 Å². The normalized spacial score (nSPS) is 12.6. The zero-order chi connectivity index (χ0) is 12.3. The van der Waals surface area contributed by atoms with Crippen molar-refractivity contribution in [3.05, 3.63) is 47.5 Å². The predicted octanol–water partition coefficient (Wildman–Crippen LogP) is 2.45. The maximum atomic E-state index is 5.52. The van der Waals surface area contributed by atoms with E-state index >= 15 is 0 Å². The van der Waals surface area contributed by atoms with Crippen LogP contribution in [0.4, 0.5) is 0 Å². The number of methoxy groups -OCH3 is 1. The summed E-state index contributed by atoms with van der Waals surface area (Å²) in [4.78, 5) is 0. The Hall–Kier alpha value is -1.20. The first-order valence-corrected chi connectivity index (χ1v) is 6.42. The van der Waals surface area contributed by atoms with E-state index in [2.05, 4.69) is 26.1 Å². The van der Waals surface area contributed by atoms with Crippen molar-refractivity contribution in [1.29, 1.82) is 0 Å². The highest BCUT2D eigenvalue weighted by Gasteiger charge is 2.20. The van der Waals surface area contributed by atoms with Crippen LogP contribution < -0.4 is 0 Å². The molecule has 5 heteroatoms. The van der Waals surface area contributed by atoms with Gasteiger partial charge in [0.25, 0.3) is 0 Å². The monoisotopic (exact) mass is 295 g/mol. The molecule has 0 aliphatic carbocycles. The molecule has 0 saturated carbocycles. The molecule has 17 heavy (non-hydrogen) atoms. The van der Waals surface area contributed by atoms with Crippen molar-refractivity contribution in [1.82, 2.24) is 14.8 Å². The van der Waals surface area contributed by atoms with E-state index in [1.165, 1.54) is 0 Å². The van der Waals surface area contributed by atoms with E-state index in [1.54, 1.807) is 7.11 Å². The Labute approximate surface area is 109 Å². The largest absolute Gasteiger partial charge is 0.369 e. The fourth-order valence-electron chi connectivity index (χ4n) is 1.74. The second kappa shape index (κ2) is 5.42. The molecule has 0 N–H and O–H groups in total. The molecule has 0 amide bonds. The van der Waals surface area contributed by atoms with Gasteiger partial charge in [-0.1, -0.05) is 46.3 Å². The molecule has 1 atom stereocenters. The molecular weight excluding hydrogens is 282 g/mol. The Kier molecular flexibility index (Phi) is 3.91. The third kappa shape index (κ3) is 2.40. The molecule has 1 aromatic carbocycles. The molecule has 1 aromatic heterocycles.